The lowest BCUT2D eigenvalue weighted by atomic mass is 9.88. The van der Waals surface area contributed by atoms with E-state index in [-0.39, 0.29) is 42.0 Å². The van der Waals surface area contributed by atoms with Crippen molar-refractivity contribution in [3.8, 4) is 24.5 Å². The molecule has 0 saturated heterocycles. The summed E-state index contributed by atoms with van der Waals surface area (Å²) in [5, 5.41) is 39.8. The molecule has 0 aliphatic carbocycles. The van der Waals surface area contributed by atoms with Crippen LogP contribution in [0.5, 0.6) is 0 Å². The van der Waals surface area contributed by atoms with Crippen LogP contribution >= 0.6 is 69.1 Å². The Labute approximate surface area is 515 Å². The second-order valence-electron chi connectivity index (χ2n) is 19.7. The summed E-state index contributed by atoms with van der Waals surface area (Å²) < 4.78 is 34.2. The van der Waals surface area contributed by atoms with E-state index in [4.69, 9.17) is 58.4 Å². The molecule has 10 aromatic rings. The van der Waals surface area contributed by atoms with Gasteiger partial charge in [0.15, 0.2) is 6.73 Å². The van der Waals surface area contributed by atoms with E-state index in [1.54, 1.807) is 55.6 Å². The van der Waals surface area contributed by atoms with Crippen LogP contribution in [0.1, 0.15) is 73.4 Å². The van der Waals surface area contributed by atoms with Gasteiger partial charge in [-0.2, -0.15) is 20.8 Å². The van der Waals surface area contributed by atoms with Gasteiger partial charge in [0.05, 0.1) is 103 Å². The van der Waals surface area contributed by atoms with Crippen LogP contribution in [0.15, 0.2) is 148 Å². The average Bonchev–Trinajstić information content (AvgIpc) is 2.22. The predicted molar refractivity (Wildman–Crippen MR) is 337 cm³/mol. The van der Waals surface area contributed by atoms with Crippen LogP contribution in [-0.4, -0.2) is 39.2 Å². The number of nitriles is 2. The molecule has 15 nitrogen and oxygen atoms in total. The minimum Gasteiger partial charge on any atom is -0.459 e. The number of esters is 1. The summed E-state index contributed by atoms with van der Waals surface area (Å²) in [6, 6.07) is 32.8. The Kier molecular flexibility index (Phi) is 20.3. The summed E-state index contributed by atoms with van der Waals surface area (Å²) in [4.78, 5) is 30.9. The maximum absolute atomic E-state index is 13.7. The van der Waals surface area contributed by atoms with E-state index in [2.05, 4.69) is 91.8 Å². The van der Waals surface area contributed by atoms with E-state index in [1.165, 1.54) is 36.7 Å². The number of fused-ring (bicyclic) bond motifs is 4. The van der Waals surface area contributed by atoms with Crippen molar-refractivity contribution in [3.05, 3.63) is 208 Å². The summed E-state index contributed by atoms with van der Waals surface area (Å²) in [7, 11) is 0. The molecule has 1 aliphatic heterocycles. The first-order chi connectivity index (χ1) is 40.4. The second kappa shape index (κ2) is 27.7. The van der Waals surface area contributed by atoms with Crippen LogP contribution in [0, 0.1) is 52.1 Å². The van der Waals surface area contributed by atoms with Crippen molar-refractivity contribution in [1.29, 1.82) is 10.5 Å². The normalized spacial score (nSPS) is 12.2. The number of allylic oxidation sites excluding steroid dienone is 1. The van der Waals surface area contributed by atoms with Crippen molar-refractivity contribution in [2.75, 3.05) is 23.9 Å². The molecule has 6 aromatic carbocycles. The number of carbonyl (C=O) groups is 1. The van der Waals surface area contributed by atoms with Gasteiger partial charge in [-0.15, -0.1) is 29.1 Å². The molecule has 1 aliphatic rings. The van der Waals surface area contributed by atoms with Gasteiger partial charge in [-0.05, 0) is 152 Å². The van der Waals surface area contributed by atoms with Crippen molar-refractivity contribution >= 4 is 140 Å². The fourth-order valence-corrected chi connectivity index (χ4v) is 11.3. The highest BCUT2D eigenvalue weighted by atomic mass is 35.5. The molecule has 0 bridgehead atoms. The Morgan fingerprint density at radius 3 is 1.73 bits per heavy atom. The molecule has 4 aromatic heterocycles. The number of halogens is 6. The predicted octanol–water partition coefficient (Wildman–Crippen LogP) is 18.9. The number of azo groups is 1. The second-order valence-corrected chi connectivity index (χ2v) is 23.1. The number of ether oxygens (including phenoxy) is 1. The quantitative estimate of drug-likeness (QED) is 0.0365. The van der Waals surface area contributed by atoms with Crippen LogP contribution < -0.4 is 10.6 Å². The van der Waals surface area contributed by atoms with Gasteiger partial charge in [-0.3, -0.25) is 14.8 Å². The molecule has 0 fully saturated rings. The molecule has 0 spiro atoms. The lowest BCUT2D eigenvalue weighted by Crippen LogP contribution is -2.22. The van der Waals surface area contributed by atoms with Gasteiger partial charge in [0.25, 0.3) is 0 Å². The number of hydrogen-bond acceptors (Lipinski definition) is 15. The first-order valence-electron chi connectivity index (χ1n) is 25.3. The number of carbonyl (C=O) groups excluding carboxylic acids is 1. The summed E-state index contributed by atoms with van der Waals surface area (Å²) in [5.41, 5.74) is 21.5. The number of anilines is 4. The Balaban J connectivity index is 0.000000187. The fourth-order valence-electron chi connectivity index (χ4n) is 8.90. The minimum atomic E-state index is -0.537. The molecular weight excluding hydrogens is 1200 g/mol. The number of thiazole rings is 2. The lowest BCUT2D eigenvalue weighted by Gasteiger charge is -2.18. The Morgan fingerprint density at radius 1 is 0.741 bits per heavy atom. The summed E-state index contributed by atoms with van der Waals surface area (Å²) >= 11 is 28.4. The number of pyridine rings is 2. The minimum absolute atomic E-state index is 0. The molecule has 0 radical (unpaired) electrons. The maximum Gasteiger partial charge on any atom is 0.311 e. The highest BCUT2D eigenvalue weighted by Gasteiger charge is 2.24. The maximum atomic E-state index is 13.7. The van der Waals surface area contributed by atoms with Crippen LogP contribution in [0.2, 0.25) is 20.1 Å². The summed E-state index contributed by atoms with van der Waals surface area (Å²) in [6.07, 6.45) is 12.0. The molecule has 2 N–H and O–H groups in total. The first-order valence-corrected chi connectivity index (χ1v) is 28.6. The molecule has 23 heteroatoms. The standard InChI is InChI=1S/C28H17Cl2FN6S.C27H15Cl2FN4S.C6H11N3O2.CH4/c29-21-11-18(2-3-23(21)31)36-27-17(12-32)13-33-28-20(27)8-15(9-22(28)30)7-19(24-5-6-35-37-24)16-1-4-25-26(10-16)38-14-34-25;1-2-16(17-3-6-24-25(10-17)35-14-33-24)7-15-8-20-26(34-19-4-5-23(30)21(28)11-19)18(12-31)13-32-27(20)22(29)9-15;1-6(2,3)5(10)11-4-8-9-7;/h1-5,8-11,13-14,19H,6-7H2,(H,33,36);1,3-6,8-11,13-14,16H,7H2,(H,32,34);4H2,1-3H3;1H4/t19-;16-;;/m00../s1. The van der Waals surface area contributed by atoms with Crippen molar-refractivity contribution in [2.24, 2.45) is 20.8 Å². The third-order valence-electron chi connectivity index (χ3n) is 13.0. The van der Waals surface area contributed by atoms with Crippen LogP contribution in [-0.2, 0) is 22.4 Å². The van der Waals surface area contributed by atoms with Crippen LogP contribution in [0.4, 0.5) is 31.5 Å². The van der Waals surface area contributed by atoms with Crippen LogP contribution in [0.3, 0.4) is 0 Å². The fraction of sp³-hybridized carbons (Fsp3) is 0.177. The Morgan fingerprint density at radius 2 is 1.26 bits per heavy atom. The van der Waals surface area contributed by atoms with E-state index in [0.29, 0.717) is 85.1 Å². The molecule has 2 atom stereocenters. The number of rotatable bonds is 13. The van der Waals surface area contributed by atoms with E-state index in [0.717, 1.165) is 48.4 Å². The zero-order chi connectivity index (χ0) is 59.7. The Hall–Kier alpha value is -8.80. The highest BCUT2D eigenvalue weighted by Crippen LogP contribution is 2.40. The molecule has 0 saturated carbocycles. The van der Waals surface area contributed by atoms with Crippen molar-refractivity contribution < 1.29 is 18.3 Å². The van der Waals surface area contributed by atoms with Gasteiger partial charge in [0.1, 0.15) is 23.8 Å². The summed E-state index contributed by atoms with van der Waals surface area (Å²) in [5.74, 6) is 1.22. The monoisotopic (exact) mass is 1250 g/mol. The largest absolute Gasteiger partial charge is 0.459 e. The smallest absolute Gasteiger partial charge is 0.311 e. The van der Waals surface area contributed by atoms with E-state index in [1.807, 2.05) is 59.6 Å². The van der Waals surface area contributed by atoms with E-state index >= 15 is 0 Å². The number of terminal acetylenes is 1. The summed E-state index contributed by atoms with van der Waals surface area (Å²) in [6.45, 7) is 5.51. The molecule has 85 heavy (non-hydrogen) atoms. The average molecular weight is 1250 g/mol. The number of nitrogens with zero attached hydrogens (tertiary/aromatic N) is 11. The van der Waals surface area contributed by atoms with Crippen LogP contribution in [0.25, 0.3) is 52.7 Å². The zero-order valence-electron chi connectivity index (χ0n) is 44.5. The van der Waals surface area contributed by atoms with Gasteiger partial charge in [0, 0.05) is 51.3 Å². The zero-order valence-corrected chi connectivity index (χ0v) is 49.2. The highest BCUT2D eigenvalue weighted by molar-refractivity contribution is 7.17. The van der Waals surface area contributed by atoms with Crippen molar-refractivity contribution in [2.45, 2.75) is 52.9 Å². The van der Waals surface area contributed by atoms with Crippen molar-refractivity contribution in [1.82, 2.24) is 19.9 Å². The SMILES string of the molecule is C.C#C[C@@H](Cc1cc(Cl)c2ncc(C#N)c(Nc3ccc(F)c(Cl)c3)c2c1)c1ccc2ncsc2c1.CC(C)(C)C(=O)OCN=[N+]=[N-].N#Cc1cnc2c(Cl)cc(C[C@H](C3=CCN=N3)c3ccc4ncsc4c3)cc2c1Nc1ccc(F)c(Cl)c1. The number of hydrogen-bond donors (Lipinski definition) is 2. The first kappa shape index (κ1) is 62.3. The number of aromatic nitrogens is 4. The molecule has 0 unspecified atom stereocenters. The molecule has 5 heterocycles. The van der Waals surface area contributed by atoms with Crippen molar-refractivity contribution in [3.63, 3.8) is 0 Å². The van der Waals surface area contributed by atoms with Gasteiger partial charge < -0.3 is 15.4 Å². The molecule has 426 valence electrons. The van der Waals surface area contributed by atoms with Gasteiger partial charge in [-0.25, -0.2) is 18.7 Å². The molecule has 0 amide bonds. The number of azide groups is 1. The Bertz CT molecular complexity index is 4450. The van der Waals surface area contributed by atoms with E-state index < -0.39 is 17.0 Å². The van der Waals surface area contributed by atoms with Gasteiger partial charge >= 0.3 is 5.97 Å². The van der Waals surface area contributed by atoms with Gasteiger partial charge in [0.2, 0.25) is 0 Å². The van der Waals surface area contributed by atoms with Gasteiger partial charge in [-0.1, -0.05) is 77.0 Å². The number of nitrogens with one attached hydrogen (secondary N) is 2. The molecular formula is C62H47Cl4F2N13O2S2. The molecule has 11 rings (SSSR count). The van der Waals surface area contributed by atoms with E-state index in [9.17, 15) is 24.1 Å². The number of benzene rings is 6. The lowest BCUT2D eigenvalue weighted by molar-refractivity contribution is -0.152. The third kappa shape index (κ3) is 14.8. The third-order valence-corrected chi connectivity index (χ3v) is 15.8. The topological polar surface area (TPSA) is 223 Å².